The number of carboxylic acids is 1. The van der Waals surface area contributed by atoms with E-state index in [1.54, 1.807) is 36.4 Å². The number of halogens is 1. The van der Waals surface area contributed by atoms with E-state index >= 15 is 0 Å². The number of benzene rings is 2. The molecule has 0 unspecified atom stereocenters. The van der Waals surface area contributed by atoms with Crippen molar-refractivity contribution in [2.24, 2.45) is 0 Å². The van der Waals surface area contributed by atoms with Gasteiger partial charge < -0.3 is 9.84 Å². The highest BCUT2D eigenvalue weighted by atomic mass is 19.1. The Morgan fingerprint density at radius 3 is 2.88 bits per heavy atom. The van der Waals surface area contributed by atoms with E-state index in [-0.39, 0.29) is 11.4 Å². The molecule has 132 valence electrons. The third kappa shape index (κ3) is 4.57. The highest BCUT2D eigenvalue weighted by molar-refractivity contribution is 5.90. The van der Waals surface area contributed by atoms with Crippen molar-refractivity contribution in [3.05, 3.63) is 65.5 Å². The van der Waals surface area contributed by atoms with Crippen LogP contribution in [0.15, 0.2) is 48.5 Å². The fraction of sp³-hybridized carbons (Fsp3) is 0.350. The monoisotopic (exact) mass is 343 g/mol. The zero-order valence-corrected chi connectivity index (χ0v) is 14.0. The minimum atomic E-state index is -0.985. The second kappa shape index (κ2) is 8.12. The van der Waals surface area contributed by atoms with E-state index in [1.165, 1.54) is 6.07 Å². The summed E-state index contributed by atoms with van der Waals surface area (Å²) in [6, 6.07) is 13.8. The summed E-state index contributed by atoms with van der Waals surface area (Å²) >= 11 is 0. The number of likely N-dealkylation sites (tertiary alicyclic amines) is 1. The molecular weight excluding hydrogens is 321 g/mol. The lowest BCUT2D eigenvalue weighted by Crippen LogP contribution is -2.34. The Morgan fingerprint density at radius 2 is 2.08 bits per heavy atom. The lowest BCUT2D eigenvalue weighted by Gasteiger charge is -2.24. The van der Waals surface area contributed by atoms with Crippen LogP contribution in [0.3, 0.4) is 0 Å². The molecule has 4 nitrogen and oxygen atoms in total. The molecule has 0 aliphatic carbocycles. The van der Waals surface area contributed by atoms with Crippen LogP contribution in [-0.2, 0) is 6.42 Å². The molecule has 0 bridgehead atoms. The largest absolute Gasteiger partial charge is 0.491 e. The molecule has 1 saturated heterocycles. The van der Waals surface area contributed by atoms with E-state index in [9.17, 15) is 14.3 Å². The summed E-state index contributed by atoms with van der Waals surface area (Å²) in [5, 5.41) is 9.18. The first-order chi connectivity index (χ1) is 12.1. The van der Waals surface area contributed by atoms with Gasteiger partial charge in [-0.05, 0) is 55.6 Å². The Bertz CT molecular complexity index is 734. The van der Waals surface area contributed by atoms with Gasteiger partial charge in [-0.15, -0.1) is 0 Å². The quantitative estimate of drug-likeness (QED) is 0.834. The van der Waals surface area contributed by atoms with Gasteiger partial charge in [-0.2, -0.15) is 0 Å². The van der Waals surface area contributed by atoms with Gasteiger partial charge in [-0.25, -0.2) is 9.18 Å². The maximum Gasteiger partial charge on any atom is 0.339 e. The van der Waals surface area contributed by atoms with E-state index in [4.69, 9.17) is 4.74 Å². The summed E-state index contributed by atoms with van der Waals surface area (Å²) < 4.78 is 19.0. The van der Waals surface area contributed by atoms with Gasteiger partial charge >= 0.3 is 5.97 Å². The molecule has 0 radical (unpaired) electrons. The Labute approximate surface area is 146 Å². The number of ether oxygens (including phenoxy) is 1. The zero-order valence-electron chi connectivity index (χ0n) is 14.0. The van der Waals surface area contributed by atoms with Crippen molar-refractivity contribution in [1.29, 1.82) is 0 Å². The van der Waals surface area contributed by atoms with Crippen molar-refractivity contribution >= 4 is 5.97 Å². The van der Waals surface area contributed by atoms with Gasteiger partial charge in [0.2, 0.25) is 0 Å². The number of nitrogens with zero attached hydrogens (tertiary/aromatic N) is 1. The highest BCUT2D eigenvalue weighted by Crippen LogP contribution is 2.22. The molecule has 0 amide bonds. The number of hydrogen-bond donors (Lipinski definition) is 1. The molecule has 25 heavy (non-hydrogen) atoms. The van der Waals surface area contributed by atoms with Crippen LogP contribution in [0.2, 0.25) is 0 Å². The Kier molecular flexibility index (Phi) is 5.66. The highest BCUT2D eigenvalue weighted by Gasteiger charge is 2.24. The molecule has 1 N–H and O–H groups in total. The van der Waals surface area contributed by atoms with Gasteiger partial charge in [-0.1, -0.05) is 24.3 Å². The van der Waals surface area contributed by atoms with Crippen molar-refractivity contribution in [1.82, 2.24) is 4.90 Å². The van der Waals surface area contributed by atoms with E-state index in [0.29, 0.717) is 18.4 Å². The Morgan fingerprint density at radius 1 is 1.24 bits per heavy atom. The number of aromatic carboxylic acids is 1. The number of rotatable bonds is 7. The van der Waals surface area contributed by atoms with E-state index in [0.717, 1.165) is 37.9 Å². The third-order valence-electron chi connectivity index (χ3n) is 4.61. The summed E-state index contributed by atoms with van der Waals surface area (Å²) in [6.45, 7) is 2.15. The number of carboxylic acid groups (broad SMARTS) is 1. The number of carbonyl (C=O) groups is 1. The summed E-state index contributed by atoms with van der Waals surface area (Å²) in [5.41, 5.74) is 1.19. The SMILES string of the molecule is O=C(O)c1ccccc1OCCN1CCC[C@@H]1Cc1cccc(F)c1. The molecule has 0 spiro atoms. The fourth-order valence-corrected chi connectivity index (χ4v) is 3.40. The average molecular weight is 343 g/mol. The van der Waals surface area contributed by atoms with Crippen molar-refractivity contribution in [2.75, 3.05) is 19.7 Å². The van der Waals surface area contributed by atoms with E-state index in [2.05, 4.69) is 4.90 Å². The summed E-state index contributed by atoms with van der Waals surface area (Å²) in [6.07, 6.45) is 3.03. The molecule has 0 aromatic heterocycles. The molecule has 2 aromatic rings. The van der Waals surface area contributed by atoms with Gasteiger partial charge in [0.25, 0.3) is 0 Å². The molecule has 1 atom stereocenters. The van der Waals surface area contributed by atoms with Gasteiger partial charge in [0.15, 0.2) is 0 Å². The molecule has 1 fully saturated rings. The lowest BCUT2D eigenvalue weighted by atomic mass is 10.0. The van der Waals surface area contributed by atoms with E-state index < -0.39 is 5.97 Å². The van der Waals surface area contributed by atoms with Gasteiger partial charge in [-0.3, -0.25) is 4.90 Å². The predicted octanol–water partition coefficient (Wildman–Crippen LogP) is 3.61. The molecule has 0 saturated carbocycles. The third-order valence-corrected chi connectivity index (χ3v) is 4.61. The minimum absolute atomic E-state index is 0.181. The lowest BCUT2D eigenvalue weighted by molar-refractivity contribution is 0.0691. The minimum Gasteiger partial charge on any atom is -0.491 e. The van der Waals surface area contributed by atoms with Gasteiger partial charge in [0, 0.05) is 12.6 Å². The molecule has 1 heterocycles. The van der Waals surface area contributed by atoms with Crippen LogP contribution in [0.1, 0.15) is 28.8 Å². The number of hydrogen-bond acceptors (Lipinski definition) is 3. The summed E-state index contributed by atoms with van der Waals surface area (Å²) in [5.74, 6) is -0.785. The second-order valence-electron chi connectivity index (χ2n) is 6.32. The number of para-hydroxylation sites is 1. The topological polar surface area (TPSA) is 49.8 Å². The van der Waals surface area contributed by atoms with Crippen LogP contribution in [0.25, 0.3) is 0 Å². The molecule has 1 aliphatic heterocycles. The van der Waals surface area contributed by atoms with Crippen LogP contribution >= 0.6 is 0 Å². The standard InChI is InChI=1S/C20H22FNO3/c21-16-6-3-5-15(13-16)14-17-7-4-10-22(17)11-12-25-19-9-2-1-8-18(19)20(23)24/h1-3,5-6,8-9,13,17H,4,7,10-12,14H2,(H,23,24)/t17-/m1/s1. The first-order valence-electron chi connectivity index (χ1n) is 8.57. The van der Waals surface area contributed by atoms with Crippen molar-refractivity contribution in [3.8, 4) is 5.75 Å². The Hall–Kier alpha value is -2.40. The maximum absolute atomic E-state index is 13.4. The first-order valence-corrected chi connectivity index (χ1v) is 8.57. The van der Waals surface area contributed by atoms with Crippen molar-refractivity contribution in [3.63, 3.8) is 0 Å². The van der Waals surface area contributed by atoms with Crippen molar-refractivity contribution in [2.45, 2.75) is 25.3 Å². The molecule has 5 heteroatoms. The van der Waals surface area contributed by atoms with Crippen LogP contribution < -0.4 is 4.74 Å². The normalized spacial score (nSPS) is 17.6. The van der Waals surface area contributed by atoms with Crippen LogP contribution in [0.5, 0.6) is 5.75 Å². The van der Waals surface area contributed by atoms with Gasteiger partial charge in [0.05, 0.1) is 0 Å². The Balaban J connectivity index is 1.55. The molecular formula is C20H22FNO3. The van der Waals surface area contributed by atoms with Crippen LogP contribution in [0, 0.1) is 5.82 Å². The predicted molar refractivity (Wildman–Crippen MR) is 93.6 cm³/mol. The molecule has 3 rings (SSSR count). The maximum atomic E-state index is 13.4. The molecule has 1 aliphatic rings. The van der Waals surface area contributed by atoms with Gasteiger partial charge in [0.1, 0.15) is 23.7 Å². The summed E-state index contributed by atoms with van der Waals surface area (Å²) in [7, 11) is 0. The zero-order chi connectivity index (χ0) is 17.6. The smallest absolute Gasteiger partial charge is 0.339 e. The van der Waals surface area contributed by atoms with E-state index in [1.807, 2.05) is 6.07 Å². The van der Waals surface area contributed by atoms with Crippen LogP contribution in [-0.4, -0.2) is 41.7 Å². The van der Waals surface area contributed by atoms with Crippen molar-refractivity contribution < 1.29 is 19.0 Å². The van der Waals surface area contributed by atoms with Crippen LogP contribution in [0.4, 0.5) is 4.39 Å². The summed E-state index contributed by atoms with van der Waals surface area (Å²) in [4.78, 5) is 13.5. The average Bonchev–Trinajstić information content (AvgIpc) is 3.02. The first kappa shape index (κ1) is 17.4. The fourth-order valence-electron chi connectivity index (χ4n) is 3.40. The second-order valence-corrected chi connectivity index (χ2v) is 6.32. The molecule has 2 aromatic carbocycles.